The fraction of sp³-hybridized carbons (Fsp3) is 0.294. The molecule has 0 saturated carbocycles. The lowest BCUT2D eigenvalue weighted by Gasteiger charge is -2.12. The van der Waals surface area contributed by atoms with E-state index in [0.29, 0.717) is 9.04 Å². The van der Waals surface area contributed by atoms with Gasteiger partial charge in [-0.15, -0.1) is 0 Å². The molecule has 0 unspecified atom stereocenters. The molecule has 0 bridgehead atoms. The summed E-state index contributed by atoms with van der Waals surface area (Å²) in [6, 6.07) is 5.30. The van der Waals surface area contributed by atoms with Gasteiger partial charge in [-0.05, 0) is 24.3 Å². The largest absolute Gasteiger partial charge is 0.431 e. The Hall–Kier alpha value is -2.14. The van der Waals surface area contributed by atoms with E-state index in [1.807, 2.05) is 0 Å². The Morgan fingerprint density at radius 3 is 2.36 bits per heavy atom. The van der Waals surface area contributed by atoms with Crippen molar-refractivity contribution >= 4 is 36.8 Å². The van der Waals surface area contributed by atoms with Gasteiger partial charge in [-0.2, -0.15) is 13.2 Å². The molecule has 0 aliphatic carbocycles. The summed E-state index contributed by atoms with van der Waals surface area (Å²) in [5, 5.41) is 0. The molecular weight excluding hydrogens is 463 g/mol. The van der Waals surface area contributed by atoms with Crippen molar-refractivity contribution in [3.05, 3.63) is 44.8 Å². The number of hydrogen-bond donors (Lipinski definition) is 0. The zero-order valence-corrected chi connectivity index (χ0v) is 17.4. The van der Waals surface area contributed by atoms with E-state index in [4.69, 9.17) is 0 Å². The summed E-state index contributed by atoms with van der Waals surface area (Å²) in [6.45, 7) is 1.49. The van der Waals surface area contributed by atoms with Crippen molar-refractivity contribution in [3.63, 3.8) is 0 Å². The molecule has 0 atom stereocenters. The Morgan fingerprint density at radius 1 is 1.14 bits per heavy atom. The highest BCUT2D eigenvalue weighted by atomic mass is 79.9. The van der Waals surface area contributed by atoms with Crippen LogP contribution >= 0.6 is 15.9 Å². The Balaban J connectivity index is 2.41. The van der Waals surface area contributed by atoms with Gasteiger partial charge in [0.2, 0.25) is 0 Å². The molecule has 0 aliphatic rings. The number of alkyl halides is 3. The van der Waals surface area contributed by atoms with Crippen LogP contribution in [-0.4, -0.2) is 28.3 Å². The average molecular weight is 478 g/mol. The Labute approximate surface area is 166 Å². The van der Waals surface area contributed by atoms with E-state index >= 15 is 0 Å². The van der Waals surface area contributed by atoms with E-state index in [1.54, 1.807) is 6.07 Å². The lowest BCUT2D eigenvalue weighted by atomic mass is 10.2. The van der Waals surface area contributed by atoms with Crippen LogP contribution in [0.5, 0.6) is 0 Å². The Kier molecular flexibility index (Phi) is 4.95. The Morgan fingerprint density at radius 2 is 1.79 bits per heavy atom. The van der Waals surface area contributed by atoms with Crippen LogP contribution in [0.3, 0.4) is 0 Å². The molecule has 0 radical (unpaired) electrons. The number of fused-ring (bicyclic) bond motifs is 1. The molecule has 28 heavy (non-hydrogen) atoms. The van der Waals surface area contributed by atoms with Crippen molar-refractivity contribution in [3.8, 4) is 11.4 Å². The molecule has 0 amide bonds. The highest BCUT2D eigenvalue weighted by Crippen LogP contribution is 2.33. The smallest absolute Gasteiger partial charge is 0.323 e. The number of halogens is 4. The minimum Gasteiger partial charge on any atom is -0.323 e. The van der Waals surface area contributed by atoms with E-state index in [-0.39, 0.29) is 33.1 Å². The first kappa shape index (κ1) is 20.6. The average Bonchev–Trinajstić information content (AvgIpc) is 2.93. The molecular formula is C17H15BrF3N3O3S. The van der Waals surface area contributed by atoms with Crippen molar-refractivity contribution in [2.24, 2.45) is 14.1 Å². The summed E-state index contributed by atoms with van der Waals surface area (Å²) in [5.41, 5.74) is -2.00. The van der Waals surface area contributed by atoms with Crippen molar-refractivity contribution in [1.29, 1.82) is 0 Å². The van der Waals surface area contributed by atoms with Gasteiger partial charge in [0.05, 0.1) is 16.2 Å². The number of nitrogens with zero attached hydrogens (tertiary/aromatic N) is 3. The number of hydrogen-bond acceptors (Lipinski definition) is 4. The van der Waals surface area contributed by atoms with Crippen LogP contribution in [-0.2, 0) is 30.1 Å². The summed E-state index contributed by atoms with van der Waals surface area (Å²) in [5.74, 6) is -0.0774. The second-order valence-electron chi connectivity index (χ2n) is 6.16. The monoisotopic (exact) mass is 477 g/mol. The van der Waals surface area contributed by atoms with Crippen molar-refractivity contribution in [2.75, 3.05) is 5.75 Å². The maximum absolute atomic E-state index is 13.2. The Bertz CT molecular complexity index is 1260. The summed E-state index contributed by atoms with van der Waals surface area (Å²) in [4.78, 5) is 16.7. The predicted octanol–water partition coefficient (Wildman–Crippen LogP) is 3.51. The number of benzene rings is 1. The first-order chi connectivity index (χ1) is 12.9. The third kappa shape index (κ3) is 3.26. The summed E-state index contributed by atoms with van der Waals surface area (Å²) in [6.07, 6.45) is -4.73. The second kappa shape index (κ2) is 6.73. The van der Waals surface area contributed by atoms with Crippen LogP contribution in [0.1, 0.15) is 12.6 Å². The second-order valence-corrected chi connectivity index (χ2v) is 9.33. The van der Waals surface area contributed by atoms with Gasteiger partial charge in [-0.25, -0.2) is 13.4 Å². The molecule has 3 rings (SSSR count). The van der Waals surface area contributed by atoms with Gasteiger partial charge in [0, 0.05) is 24.1 Å². The van der Waals surface area contributed by atoms with Crippen LogP contribution in [0.2, 0.25) is 0 Å². The van der Waals surface area contributed by atoms with E-state index in [9.17, 15) is 26.4 Å². The molecule has 3 aromatic rings. The van der Waals surface area contributed by atoms with Gasteiger partial charge in [-0.1, -0.05) is 22.9 Å². The molecule has 0 spiro atoms. The van der Waals surface area contributed by atoms with Crippen LogP contribution in [0, 0.1) is 0 Å². The van der Waals surface area contributed by atoms with Gasteiger partial charge in [0.15, 0.2) is 9.84 Å². The van der Waals surface area contributed by atoms with Crippen LogP contribution in [0.15, 0.2) is 38.4 Å². The van der Waals surface area contributed by atoms with E-state index in [2.05, 4.69) is 20.9 Å². The van der Waals surface area contributed by atoms with Crippen LogP contribution in [0.4, 0.5) is 13.2 Å². The normalized spacial score (nSPS) is 12.7. The lowest BCUT2D eigenvalue weighted by Crippen LogP contribution is -2.26. The summed E-state index contributed by atoms with van der Waals surface area (Å²) < 4.78 is 67.0. The maximum atomic E-state index is 13.2. The van der Waals surface area contributed by atoms with Gasteiger partial charge in [0.1, 0.15) is 17.0 Å². The molecule has 150 valence electrons. The maximum Gasteiger partial charge on any atom is 0.431 e. The predicted molar refractivity (Wildman–Crippen MR) is 102 cm³/mol. The van der Waals surface area contributed by atoms with Crippen LogP contribution < -0.4 is 5.56 Å². The highest BCUT2D eigenvalue weighted by Gasteiger charge is 2.35. The summed E-state index contributed by atoms with van der Waals surface area (Å²) >= 11 is 3.23. The molecule has 0 N–H and O–H groups in total. The number of pyridine rings is 1. The molecule has 2 heterocycles. The van der Waals surface area contributed by atoms with E-state index < -0.39 is 27.3 Å². The first-order valence-corrected chi connectivity index (χ1v) is 10.5. The minimum atomic E-state index is -4.73. The number of imidazole rings is 1. The molecule has 0 aliphatic heterocycles. The number of aryl methyl sites for hydroxylation is 1. The first-order valence-electron chi connectivity index (χ1n) is 8.04. The third-order valence-corrected chi connectivity index (χ3v) is 6.72. The van der Waals surface area contributed by atoms with Crippen molar-refractivity contribution in [2.45, 2.75) is 18.0 Å². The lowest BCUT2D eigenvalue weighted by molar-refractivity contribution is -0.143. The molecule has 6 nitrogen and oxygen atoms in total. The quantitative estimate of drug-likeness (QED) is 0.578. The SMILES string of the molecule is CCS(=O)(=O)c1cc(Br)ccc1-c1nc2cc(C(F)(F)F)n(C)c(=O)c2n1C. The minimum absolute atomic E-state index is 0.0179. The zero-order valence-electron chi connectivity index (χ0n) is 15.0. The van der Waals surface area contributed by atoms with Gasteiger partial charge in [-0.3, -0.25) is 4.79 Å². The number of aromatic nitrogens is 3. The summed E-state index contributed by atoms with van der Waals surface area (Å²) in [7, 11) is -1.16. The number of sulfone groups is 1. The standard InChI is InChI=1S/C17H15BrF3N3O3S/c1-4-28(26,27)12-7-9(18)5-6-10(12)15-22-11-8-13(17(19,20)21)23(2)16(25)14(11)24(15)3/h5-8H,4H2,1-3H3. The molecule has 11 heteroatoms. The third-order valence-electron chi connectivity index (χ3n) is 4.45. The van der Waals surface area contributed by atoms with Crippen LogP contribution in [0.25, 0.3) is 22.4 Å². The van der Waals surface area contributed by atoms with E-state index in [0.717, 1.165) is 13.1 Å². The van der Waals surface area contributed by atoms with Gasteiger partial charge >= 0.3 is 6.18 Å². The molecule has 0 saturated heterocycles. The van der Waals surface area contributed by atoms with Crippen molar-refractivity contribution < 1.29 is 21.6 Å². The topological polar surface area (TPSA) is 74.0 Å². The van der Waals surface area contributed by atoms with Gasteiger partial charge < -0.3 is 9.13 Å². The van der Waals surface area contributed by atoms with E-state index in [1.165, 1.54) is 30.7 Å². The number of rotatable bonds is 3. The molecule has 2 aromatic heterocycles. The highest BCUT2D eigenvalue weighted by molar-refractivity contribution is 9.10. The van der Waals surface area contributed by atoms with Gasteiger partial charge in [0.25, 0.3) is 5.56 Å². The van der Waals surface area contributed by atoms with Crippen molar-refractivity contribution in [1.82, 2.24) is 14.1 Å². The fourth-order valence-electron chi connectivity index (χ4n) is 2.97. The molecule has 1 aromatic carbocycles. The fourth-order valence-corrected chi connectivity index (χ4v) is 4.60. The zero-order chi connectivity index (χ0) is 21.0. The molecule has 0 fully saturated rings.